The molecule has 4 heteroatoms. The Morgan fingerprint density at radius 2 is 1.62 bits per heavy atom. The van der Waals surface area contributed by atoms with E-state index in [1.54, 1.807) is 11.8 Å². The third-order valence-corrected chi connectivity index (χ3v) is 3.66. The van der Waals surface area contributed by atoms with Gasteiger partial charge in [-0.05, 0) is 40.5 Å². The van der Waals surface area contributed by atoms with E-state index in [0.29, 0.717) is 0 Å². The molecule has 0 unspecified atom stereocenters. The Morgan fingerprint density at radius 1 is 1.25 bits per heavy atom. The van der Waals surface area contributed by atoms with Gasteiger partial charge in [0.25, 0.3) is 0 Å². The molecule has 0 bridgehead atoms. The fraction of sp³-hybridized carbons (Fsp3) is 0.917. The van der Waals surface area contributed by atoms with Gasteiger partial charge < -0.3 is 10.1 Å². The van der Waals surface area contributed by atoms with Crippen LogP contribution in [0.5, 0.6) is 0 Å². The van der Waals surface area contributed by atoms with Crippen LogP contribution in [0.25, 0.3) is 0 Å². The summed E-state index contributed by atoms with van der Waals surface area (Å²) in [7, 11) is 1.84. The molecular weight excluding hydrogens is 204 g/mol. The zero-order chi connectivity index (χ0) is 12.7. The molecule has 1 aliphatic heterocycles. The number of piperidine rings is 1. The molecule has 1 fully saturated rings. The summed E-state index contributed by atoms with van der Waals surface area (Å²) in [5.74, 6) is 0.0861. The maximum absolute atomic E-state index is 11.4. The van der Waals surface area contributed by atoms with Crippen molar-refractivity contribution in [3.63, 3.8) is 0 Å². The van der Waals surface area contributed by atoms with Crippen LogP contribution in [0.2, 0.25) is 0 Å². The van der Waals surface area contributed by atoms with Crippen LogP contribution in [0.15, 0.2) is 0 Å². The van der Waals surface area contributed by atoms with Crippen LogP contribution in [0.4, 0.5) is 0 Å². The average Bonchev–Trinajstić information content (AvgIpc) is 2.11. The van der Waals surface area contributed by atoms with Crippen molar-refractivity contribution in [1.29, 1.82) is 0 Å². The molecule has 0 radical (unpaired) electrons. The van der Waals surface area contributed by atoms with Crippen molar-refractivity contribution < 1.29 is 10.0 Å². The molecule has 0 aromatic rings. The maximum atomic E-state index is 11.4. The Bertz CT molecular complexity index is 269. The molecule has 1 heterocycles. The molecular formula is C12H24N2O2. The molecule has 0 aromatic carbocycles. The summed E-state index contributed by atoms with van der Waals surface area (Å²) in [5.41, 5.74) is -0.591. The highest BCUT2D eigenvalue weighted by atomic mass is 16.5. The molecule has 1 rings (SSSR count). The Morgan fingerprint density at radius 3 is 1.94 bits per heavy atom. The summed E-state index contributed by atoms with van der Waals surface area (Å²) in [4.78, 5) is 13.2. The van der Waals surface area contributed by atoms with Crippen LogP contribution in [0, 0.1) is 0 Å². The van der Waals surface area contributed by atoms with Gasteiger partial charge in [0.05, 0.1) is 0 Å². The van der Waals surface area contributed by atoms with E-state index in [1.807, 2.05) is 34.7 Å². The van der Waals surface area contributed by atoms with Crippen molar-refractivity contribution in [2.45, 2.75) is 64.6 Å². The molecule has 0 spiro atoms. The lowest BCUT2D eigenvalue weighted by molar-refractivity contribution is -0.250. The second kappa shape index (κ2) is 4.00. The molecule has 0 aliphatic carbocycles. The normalized spacial score (nSPS) is 25.4. The van der Waals surface area contributed by atoms with Crippen molar-refractivity contribution in [1.82, 2.24) is 9.96 Å². The van der Waals surface area contributed by atoms with Crippen LogP contribution in [0.1, 0.15) is 47.5 Å². The summed E-state index contributed by atoms with van der Waals surface area (Å²) in [6, 6.07) is 0.200. The van der Waals surface area contributed by atoms with Crippen molar-refractivity contribution in [2.75, 3.05) is 7.05 Å². The first-order chi connectivity index (χ1) is 7.08. The second-order valence-electron chi connectivity index (χ2n) is 6.13. The molecule has 1 saturated heterocycles. The zero-order valence-electron chi connectivity index (χ0n) is 11.2. The third kappa shape index (κ3) is 2.38. The molecule has 1 amide bonds. The van der Waals surface area contributed by atoms with Crippen molar-refractivity contribution in [3.8, 4) is 0 Å². The van der Waals surface area contributed by atoms with E-state index in [2.05, 4.69) is 0 Å². The molecule has 0 aromatic heterocycles. The van der Waals surface area contributed by atoms with Crippen molar-refractivity contribution in [3.05, 3.63) is 0 Å². The standard InChI is InChI=1S/C12H24N2O2/c1-9(15)13(6)10-7-11(2,3)14(16)12(4,5)8-10/h10,16H,7-8H2,1-6H3. The summed E-state index contributed by atoms with van der Waals surface area (Å²) in [6.07, 6.45) is 1.59. The first-order valence-corrected chi connectivity index (χ1v) is 5.80. The Labute approximate surface area is 98.2 Å². The van der Waals surface area contributed by atoms with Gasteiger partial charge in [0.2, 0.25) is 5.91 Å². The minimum atomic E-state index is -0.296. The fourth-order valence-electron chi connectivity index (χ4n) is 2.75. The van der Waals surface area contributed by atoms with E-state index >= 15 is 0 Å². The van der Waals surface area contributed by atoms with E-state index in [9.17, 15) is 10.0 Å². The highest BCUT2D eigenvalue weighted by molar-refractivity contribution is 5.73. The van der Waals surface area contributed by atoms with Gasteiger partial charge in [0, 0.05) is 31.1 Å². The third-order valence-electron chi connectivity index (χ3n) is 3.66. The van der Waals surface area contributed by atoms with E-state index < -0.39 is 0 Å². The Balaban J connectivity index is 2.91. The molecule has 0 saturated carbocycles. The quantitative estimate of drug-likeness (QED) is 0.745. The minimum absolute atomic E-state index is 0.0861. The molecule has 16 heavy (non-hydrogen) atoms. The van der Waals surface area contributed by atoms with Gasteiger partial charge in [-0.25, -0.2) is 0 Å². The van der Waals surface area contributed by atoms with Crippen LogP contribution in [-0.2, 0) is 4.79 Å². The number of nitrogens with zero attached hydrogens (tertiary/aromatic N) is 2. The summed E-state index contributed by atoms with van der Waals surface area (Å²) in [6.45, 7) is 9.62. The van der Waals surface area contributed by atoms with Gasteiger partial charge >= 0.3 is 0 Å². The maximum Gasteiger partial charge on any atom is 0.219 e. The molecule has 4 nitrogen and oxygen atoms in total. The first kappa shape index (κ1) is 13.5. The highest BCUT2D eigenvalue weighted by Gasteiger charge is 2.46. The lowest BCUT2D eigenvalue weighted by Crippen LogP contribution is -2.62. The topological polar surface area (TPSA) is 43.8 Å². The minimum Gasteiger partial charge on any atom is -0.343 e. The monoisotopic (exact) mass is 228 g/mol. The average molecular weight is 228 g/mol. The molecule has 1 aliphatic rings. The van der Waals surface area contributed by atoms with Crippen LogP contribution < -0.4 is 0 Å². The van der Waals surface area contributed by atoms with Gasteiger partial charge in [0.15, 0.2) is 0 Å². The number of hydrogen-bond acceptors (Lipinski definition) is 3. The number of carbonyl (C=O) groups is 1. The largest absolute Gasteiger partial charge is 0.343 e. The summed E-state index contributed by atoms with van der Waals surface area (Å²) >= 11 is 0. The predicted octanol–water partition coefficient (Wildman–Crippen LogP) is 1.88. The Hall–Kier alpha value is -0.610. The number of rotatable bonds is 1. The van der Waals surface area contributed by atoms with E-state index in [4.69, 9.17) is 0 Å². The van der Waals surface area contributed by atoms with Crippen molar-refractivity contribution in [2.24, 2.45) is 0 Å². The van der Waals surface area contributed by atoms with Gasteiger partial charge in [-0.1, -0.05) is 0 Å². The summed E-state index contributed by atoms with van der Waals surface area (Å²) < 4.78 is 0. The lowest BCUT2D eigenvalue weighted by atomic mass is 9.78. The SMILES string of the molecule is CC(=O)N(C)C1CC(C)(C)N(O)C(C)(C)C1. The molecule has 94 valence electrons. The Kier molecular flexibility index (Phi) is 3.37. The second-order valence-corrected chi connectivity index (χ2v) is 6.13. The predicted molar refractivity (Wildman–Crippen MR) is 63.2 cm³/mol. The molecule has 1 N–H and O–H groups in total. The fourth-order valence-corrected chi connectivity index (χ4v) is 2.75. The number of amides is 1. The highest BCUT2D eigenvalue weighted by Crippen LogP contribution is 2.38. The van der Waals surface area contributed by atoms with Gasteiger partial charge in [-0.2, -0.15) is 5.06 Å². The smallest absolute Gasteiger partial charge is 0.219 e. The molecule has 0 atom stereocenters. The zero-order valence-corrected chi connectivity index (χ0v) is 11.2. The van der Waals surface area contributed by atoms with E-state index in [0.717, 1.165) is 12.8 Å². The first-order valence-electron chi connectivity index (χ1n) is 5.80. The lowest BCUT2D eigenvalue weighted by Gasteiger charge is -2.53. The van der Waals surface area contributed by atoms with E-state index in [1.165, 1.54) is 5.06 Å². The number of carbonyl (C=O) groups excluding carboxylic acids is 1. The van der Waals surface area contributed by atoms with Crippen molar-refractivity contribution >= 4 is 5.91 Å². The van der Waals surface area contributed by atoms with Crippen LogP contribution >= 0.6 is 0 Å². The van der Waals surface area contributed by atoms with Crippen LogP contribution in [0.3, 0.4) is 0 Å². The van der Waals surface area contributed by atoms with E-state index in [-0.39, 0.29) is 23.0 Å². The van der Waals surface area contributed by atoms with Crippen LogP contribution in [-0.4, -0.2) is 45.2 Å². The summed E-state index contributed by atoms with van der Waals surface area (Å²) in [5, 5.41) is 11.6. The van der Waals surface area contributed by atoms with Gasteiger partial charge in [-0.3, -0.25) is 4.79 Å². The van der Waals surface area contributed by atoms with Gasteiger partial charge in [-0.15, -0.1) is 0 Å². The number of hydroxylamine groups is 2. The number of hydrogen-bond donors (Lipinski definition) is 1. The van der Waals surface area contributed by atoms with Gasteiger partial charge in [0.1, 0.15) is 0 Å².